The van der Waals surface area contributed by atoms with Gasteiger partial charge in [-0.1, -0.05) is 26.0 Å². The molecule has 2 aliphatic rings. The van der Waals surface area contributed by atoms with Crippen molar-refractivity contribution in [2.24, 2.45) is 0 Å². The lowest BCUT2D eigenvalue weighted by Crippen LogP contribution is -2.52. The van der Waals surface area contributed by atoms with E-state index in [4.69, 9.17) is 4.74 Å². The Balaban J connectivity index is 1.51. The minimum absolute atomic E-state index is 0.0300. The molecule has 2 aromatic heterocycles. The number of hydrogen-bond acceptors (Lipinski definition) is 5. The Kier molecular flexibility index (Phi) is 5.84. The van der Waals surface area contributed by atoms with E-state index in [0.29, 0.717) is 6.54 Å². The van der Waals surface area contributed by atoms with Crippen LogP contribution in [0.15, 0.2) is 42.6 Å². The molecule has 0 aliphatic carbocycles. The molecule has 5 rings (SSSR count). The number of esters is 1. The first-order valence-electron chi connectivity index (χ1n) is 12.4. The number of ether oxygens (including phenoxy) is 1. The predicted molar refractivity (Wildman–Crippen MR) is 135 cm³/mol. The molecule has 0 radical (unpaired) electrons. The zero-order valence-corrected chi connectivity index (χ0v) is 21.7. The zero-order chi connectivity index (χ0) is 26.7. The Hall–Kier alpha value is -3.75. The number of hydrogen-bond donors (Lipinski definition) is 0. The number of nitrogens with zero attached hydrogens (tertiary/aromatic N) is 4. The normalized spacial score (nSPS) is 18.8. The Bertz CT molecular complexity index is 1400. The van der Waals surface area contributed by atoms with Crippen LogP contribution in [0.25, 0.3) is 11.0 Å². The Morgan fingerprint density at radius 2 is 1.86 bits per heavy atom. The van der Waals surface area contributed by atoms with Crippen molar-refractivity contribution < 1.29 is 23.5 Å². The molecule has 1 fully saturated rings. The smallest absolute Gasteiger partial charge is 0.327 e. The molecule has 1 saturated heterocycles. The van der Waals surface area contributed by atoms with Crippen LogP contribution in [-0.4, -0.2) is 55.4 Å². The van der Waals surface area contributed by atoms with Crippen LogP contribution >= 0.6 is 0 Å². The second-order valence-electron chi connectivity index (χ2n) is 11.3. The third kappa shape index (κ3) is 4.26. The van der Waals surface area contributed by atoms with Crippen molar-refractivity contribution in [1.29, 1.82) is 0 Å². The van der Waals surface area contributed by atoms with Crippen LogP contribution in [0.4, 0.5) is 9.18 Å². The number of rotatable bonds is 5. The summed E-state index contributed by atoms with van der Waals surface area (Å²) < 4.78 is 20.9. The highest BCUT2D eigenvalue weighted by Crippen LogP contribution is 2.46. The Morgan fingerprint density at radius 1 is 1.16 bits per heavy atom. The molecule has 37 heavy (non-hydrogen) atoms. The fraction of sp³-hybridized carbons (Fsp3) is 0.429. The van der Waals surface area contributed by atoms with Crippen LogP contribution in [0.1, 0.15) is 57.9 Å². The maximum atomic E-state index is 13.6. The van der Waals surface area contributed by atoms with Crippen molar-refractivity contribution in [2.75, 3.05) is 6.54 Å². The average molecular weight is 507 g/mol. The predicted octanol–water partition coefficient (Wildman–Crippen LogP) is 4.38. The lowest BCUT2D eigenvalue weighted by molar-refractivity contribution is -0.155. The van der Waals surface area contributed by atoms with Crippen LogP contribution in [0.5, 0.6) is 0 Å². The number of carbonyl (C=O) groups is 3. The quantitative estimate of drug-likeness (QED) is 0.379. The number of benzene rings is 1. The van der Waals surface area contributed by atoms with Gasteiger partial charge in [-0.25, -0.2) is 14.2 Å². The van der Waals surface area contributed by atoms with Gasteiger partial charge < -0.3 is 14.2 Å². The van der Waals surface area contributed by atoms with Gasteiger partial charge in [0.25, 0.3) is 5.91 Å². The van der Waals surface area contributed by atoms with Crippen molar-refractivity contribution in [1.82, 2.24) is 19.4 Å². The van der Waals surface area contributed by atoms with Crippen molar-refractivity contribution in [3.8, 4) is 0 Å². The van der Waals surface area contributed by atoms with Crippen molar-refractivity contribution >= 4 is 28.9 Å². The molecule has 8 nitrogen and oxygen atoms in total. The third-order valence-corrected chi connectivity index (χ3v) is 7.08. The molecule has 4 heterocycles. The second kappa shape index (κ2) is 8.68. The monoisotopic (exact) mass is 506 g/mol. The van der Waals surface area contributed by atoms with Gasteiger partial charge in [-0.15, -0.1) is 0 Å². The molecule has 194 valence electrons. The summed E-state index contributed by atoms with van der Waals surface area (Å²) >= 11 is 0. The molecule has 0 spiro atoms. The topological polar surface area (TPSA) is 84.7 Å². The first-order chi connectivity index (χ1) is 17.4. The lowest BCUT2D eigenvalue weighted by atomic mass is 9.73. The molecule has 2 aliphatic heterocycles. The molecule has 9 heteroatoms. The number of aromatic nitrogens is 2. The second-order valence-corrected chi connectivity index (χ2v) is 11.3. The number of urea groups is 1. The summed E-state index contributed by atoms with van der Waals surface area (Å²) in [4.78, 5) is 46.7. The molecule has 3 amide bonds. The Labute approximate surface area is 215 Å². The van der Waals surface area contributed by atoms with Gasteiger partial charge in [0.2, 0.25) is 0 Å². The molecular weight excluding hydrogens is 475 g/mol. The standard InChI is InChI=1S/C28H31FN4O4/c1-27(2,3)37-21(34)12-14-31-25(35)23-28(4,5)22-19-7-6-13-30-24(19)32(20(22)16-33(23)26(31)36)15-17-8-10-18(29)11-9-17/h6-11,13,23H,12,14-16H2,1-5H3. The van der Waals surface area contributed by atoms with Crippen molar-refractivity contribution in [3.63, 3.8) is 0 Å². The summed E-state index contributed by atoms with van der Waals surface area (Å²) in [5.74, 6) is -1.08. The van der Waals surface area contributed by atoms with Crippen LogP contribution in [0, 0.1) is 5.82 Å². The summed E-state index contributed by atoms with van der Waals surface area (Å²) in [6.45, 7) is 9.92. The Morgan fingerprint density at radius 3 is 2.54 bits per heavy atom. The number of amides is 3. The van der Waals surface area contributed by atoms with Crippen LogP contribution < -0.4 is 0 Å². The van der Waals surface area contributed by atoms with Gasteiger partial charge in [0.05, 0.1) is 13.0 Å². The van der Waals surface area contributed by atoms with Gasteiger partial charge in [0, 0.05) is 35.8 Å². The number of fused-ring (bicyclic) bond motifs is 4. The first-order valence-corrected chi connectivity index (χ1v) is 12.4. The van der Waals surface area contributed by atoms with E-state index >= 15 is 0 Å². The molecule has 0 bridgehead atoms. The molecule has 3 aromatic rings. The summed E-state index contributed by atoms with van der Waals surface area (Å²) in [7, 11) is 0. The highest BCUT2D eigenvalue weighted by atomic mass is 19.1. The van der Waals surface area contributed by atoms with Gasteiger partial charge in [-0.2, -0.15) is 0 Å². The van der Waals surface area contributed by atoms with Gasteiger partial charge in [-0.05, 0) is 56.2 Å². The largest absolute Gasteiger partial charge is 0.460 e. The maximum absolute atomic E-state index is 13.6. The highest BCUT2D eigenvalue weighted by Gasteiger charge is 2.56. The van der Waals surface area contributed by atoms with E-state index in [1.807, 2.05) is 26.0 Å². The van der Waals surface area contributed by atoms with Crippen LogP contribution in [-0.2, 0) is 32.8 Å². The minimum Gasteiger partial charge on any atom is -0.460 e. The molecule has 1 unspecified atom stereocenters. The first kappa shape index (κ1) is 24.9. The van der Waals surface area contributed by atoms with E-state index in [1.165, 1.54) is 17.0 Å². The lowest BCUT2D eigenvalue weighted by Gasteiger charge is -2.41. The van der Waals surface area contributed by atoms with E-state index in [0.717, 1.165) is 27.9 Å². The van der Waals surface area contributed by atoms with Crippen LogP contribution in [0.3, 0.4) is 0 Å². The summed E-state index contributed by atoms with van der Waals surface area (Å²) in [5, 5.41) is 0.928. The van der Waals surface area contributed by atoms with E-state index in [9.17, 15) is 18.8 Å². The third-order valence-electron chi connectivity index (χ3n) is 7.08. The van der Waals surface area contributed by atoms with Gasteiger partial charge in [-0.3, -0.25) is 14.5 Å². The van der Waals surface area contributed by atoms with Gasteiger partial charge >= 0.3 is 12.0 Å². The fourth-order valence-corrected chi connectivity index (χ4v) is 5.65. The number of carbonyl (C=O) groups excluding carboxylic acids is 3. The van der Waals surface area contributed by atoms with Crippen molar-refractivity contribution in [3.05, 3.63) is 65.2 Å². The number of imide groups is 1. The number of pyridine rings is 1. The SMILES string of the molecule is CC(C)(C)OC(=O)CCN1C(=O)C2N(Cc3c(c4cccnc4n3Cc3ccc(F)cc3)C2(C)C)C1=O. The van der Waals surface area contributed by atoms with Gasteiger partial charge in [0.15, 0.2) is 0 Å². The van der Waals surface area contributed by atoms with Gasteiger partial charge in [0.1, 0.15) is 23.1 Å². The fourth-order valence-electron chi connectivity index (χ4n) is 5.65. The number of halogens is 1. The highest BCUT2D eigenvalue weighted by molar-refractivity contribution is 6.06. The van der Waals surface area contributed by atoms with E-state index in [1.54, 1.807) is 44.0 Å². The maximum Gasteiger partial charge on any atom is 0.327 e. The average Bonchev–Trinajstić information content (AvgIpc) is 3.25. The molecular formula is C28H31FN4O4. The summed E-state index contributed by atoms with van der Waals surface area (Å²) in [5.41, 5.74) is 2.18. The van der Waals surface area contributed by atoms with E-state index in [-0.39, 0.29) is 31.2 Å². The molecule has 1 atom stereocenters. The van der Waals surface area contributed by atoms with E-state index < -0.39 is 29.1 Å². The van der Waals surface area contributed by atoms with Crippen LogP contribution in [0.2, 0.25) is 0 Å². The molecule has 0 N–H and O–H groups in total. The van der Waals surface area contributed by atoms with E-state index in [2.05, 4.69) is 9.55 Å². The zero-order valence-electron chi connectivity index (χ0n) is 21.7. The summed E-state index contributed by atoms with van der Waals surface area (Å²) in [6.07, 6.45) is 1.66. The molecule has 1 aromatic carbocycles. The van der Waals surface area contributed by atoms with Crippen molar-refractivity contribution in [2.45, 2.75) is 71.2 Å². The summed E-state index contributed by atoms with van der Waals surface area (Å²) in [6, 6.07) is 9.05. The minimum atomic E-state index is -0.712. The molecule has 0 saturated carbocycles.